The van der Waals surface area contributed by atoms with E-state index in [-0.39, 0.29) is 31.9 Å². The Balaban J connectivity index is 1.43. The van der Waals surface area contributed by atoms with E-state index in [0.29, 0.717) is 0 Å². The van der Waals surface area contributed by atoms with Gasteiger partial charge >= 0.3 is 18.2 Å². The first-order chi connectivity index (χ1) is 15.7. The minimum Gasteiger partial charge on any atom is -0.481 e. The Bertz CT molecular complexity index is 980. The van der Waals surface area contributed by atoms with E-state index in [2.05, 4.69) is 5.32 Å². The summed E-state index contributed by atoms with van der Waals surface area (Å²) in [5.41, 5.74) is 4.30. The average molecular weight is 464 g/mol. The van der Waals surface area contributed by atoms with Crippen LogP contribution in [0.4, 0.5) is 18.0 Å². The zero-order chi connectivity index (χ0) is 24.0. The van der Waals surface area contributed by atoms with Crippen molar-refractivity contribution in [2.45, 2.75) is 37.4 Å². The molecule has 33 heavy (non-hydrogen) atoms. The Morgan fingerprint density at radius 2 is 1.58 bits per heavy atom. The third-order valence-corrected chi connectivity index (χ3v) is 5.30. The molecule has 0 spiro atoms. The van der Waals surface area contributed by atoms with E-state index < -0.39 is 36.6 Å². The van der Waals surface area contributed by atoms with Gasteiger partial charge < -0.3 is 20.5 Å². The number of halogens is 3. The number of rotatable bonds is 9. The van der Waals surface area contributed by atoms with Gasteiger partial charge in [-0.2, -0.15) is 13.2 Å². The van der Waals surface area contributed by atoms with E-state index in [0.717, 1.165) is 22.3 Å². The molecule has 0 heterocycles. The summed E-state index contributed by atoms with van der Waals surface area (Å²) in [5, 5.41) is 12.7. The molecule has 176 valence electrons. The van der Waals surface area contributed by atoms with Gasteiger partial charge in [-0.1, -0.05) is 48.5 Å². The lowest BCUT2D eigenvalue weighted by Crippen LogP contribution is -2.46. The standard InChI is InChI=1S/C23H23F3N2O5/c24-23(25,26)19(12-21(30)31)28-20(29)10-5-11-27-22(32)33-13-18-16-8-3-1-6-14(16)15-7-2-4-9-17(15)18/h1-4,6-9,18-19H,5,10-13H2,(H,27,32)(H,28,29)(H,30,31). The van der Waals surface area contributed by atoms with Crippen LogP contribution in [0, 0.1) is 0 Å². The summed E-state index contributed by atoms with van der Waals surface area (Å²) in [7, 11) is 0. The summed E-state index contributed by atoms with van der Waals surface area (Å²) < 4.78 is 43.7. The molecule has 0 radical (unpaired) electrons. The van der Waals surface area contributed by atoms with Crippen LogP contribution in [0.5, 0.6) is 0 Å². The fraction of sp³-hybridized carbons (Fsp3) is 0.348. The summed E-state index contributed by atoms with van der Waals surface area (Å²) in [4.78, 5) is 34.3. The Morgan fingerprint density at radius 1 is 1.00 bits per heavy atom. The highest BCUT2D eigenvalue weighted by Gasteiger charge is 2.41. The van der Waals surface area contributed by atoms with E-state index in [1.807, 2.05) is 48.5 Å². The summed E-state index contributed by atoms with van der Waals surface area (Å²) in [5.74, 6) is -2.73. The molecular weight excluding hydrogens is 441 g/mol. The highest BCUT2D eigenvalue weighted by molar-refractivity contribution is 5.79. The van der Waals surface area contributed by atoms with Gasteiger partial charge in [0.1, 0.15) is 12.6 Å². The molecule has 0 saturated heterocycles. The van der Waals surface area contributed by atoms with Crippen LogP contribution in [-0.4, -0.2) is 48.4 Å². The van der Waals surface area contributed by atoms with Crippen molar-refractivity contribution >= 4 is 18.0 Å². The summed E-state index contributed by atoms with van der Waals surface area (Å²) in [6.45, 7) is 0.127. The predicted octanol–water partition coefficient (Wildman–Crippen LogP) is 3.83. The Kier molecular flexibility index (Phi) is 7.57. The maximum absolute atomic E-state index is 12.8. The highest BCUT2D eigenvalue weighted by Crippen LogP contribution is 2.44. The number of carbonyl (C=O) groups is 3. The van der Waals surface area contributed by atoms with Crippen molar-refractivity contribution < 1.29 is 37.4 Å². The molecule has 0 bridgehead atoms. The van der Waals surface area contributed by atoms with E-state index in [4.69, 9.17) is 9.84 Å². The van der Waals surface area contributed by atoms with Crippen molar-refractivity contribution in [3.05, 3.63) is 59.7 Å². The molecule has 3 rings (SSSR count). The molecule has 10 heteroatoms. The first kappa shape index (κ1) is 24.1. The second-order valence-electron chi connectivity index (χ2n) is 7.62. The number of aliphatic carboxylic acids is 1. The number of benzene rings is 2. The van der Waals surface area contributed by atoms with Gasteiger partial charge in [-0.05, 0) is 28.7 Å². The summed E-state index contributed by atoms with van der Waals surface area (Å²) in [6.07, 6.45) is -7.07. The van der Waals surface area contributed by atoms with Gasteiger partial charge in [-0.3, -0.25) is 9.59 Å². The number of amides is 2. The fourth-order valence-corrected chi connectivity index (χ4v) is 3.78. The summed E-state index contributed by atoms with van der Waals surface area (Å²) in [6, 6.07) is 13.3. The SMILES string of the molecule is O=C(O)CC(NC(=O)CCCNC(=O)OCC1c2ccccc2-c2ccccc21)C(F)(F)F. The van der Waals surface area contributed by atoms with Crippen molar-refractivity contribution in [2.75, 3.05) is 13.2 Å². The molecule has 1 unspecified atom stereocenters. The number of alkyl halides is 3. The Morgan fingerprint density at radius 3 is 2.12 bits per heavy atom. The molecule has 0 aromatic heterocycles. The van der Waals surface area contributed by atoms with Crippen LogP contribution in [0.15, 0.2) is 48.5 Å². The van der Waals surface area contributed by atoms with E-state index in [1.54, 1.807) is 5.32 Å². The van der Waals surface area contributed by atoms with Gasteiger partial charge in [0, 0.05) is 18.9 Å². The topological polar surface area (TPSA) is 105 Å². The zero-order valence-corrected chi connectivity index (χ0v) is 17.5. The zero-order valence-electron chi connectivity index (χ0n) is 17.5. The highest BCUT2D eigenvalue weighted by atomic mass is 19.4. The minimum absolute atomic E-state index is 0.0136. The van der Waals surface area contributed by atoms with Gasteiger partial charge in [0.15, 0.2) is 0 Å². The van der Waals surface area contributed by atoms with Crippen LogP contribution >= 0.6 is 0 Å². The van der Waals surface area contributed by atoms with Crippen LogP contribution in [-0.2, 0) is 14.3 Å². The lowest BCUT2D eigenvalue weighted by molar-refractivity contribution is -0.170. The molecular formula is C23H23F3N2O5. The Labute approximate surface area is 187 Å². The van der Waals surface area contributed by atoms with Crippen LogP contribution in [0.25, 0.3) is 11.1 Å². The molecule has 7 nitrogen and oxygen atoms in total. The number of carboxylic acid groups (broad SMARTS) is 1. The molecule has 1 aliphatic rings. The van der Waals surface area contributed by atoms with Gasteiger partial charge in [0.25, 0.3) is 0 Å². The lowest BCUT2D eigenvalue weighted by atomic mass is 9.98. The third kappa shape index (κ3) is 6.24. The number of fused-ring (bicyclic) bond motifs is 3. The second-order valence-corrected chi connectivity index (χ2v) is 7.62. The lowest BCUT2D eigenvalue weighted by Gasteiger charge is -2.20. The number of carbonyl (C=O) groups excluding carboxylic acids is 2. The molecule has 1 atom stereocenters. The molecule has 0 fully saturated rings. The molecule has 1 aliphatic carbocycles. The van der Waals surface area contributed by atoms with Crippen molar-refractivity contribution in [3.8, 4) is 11.1 Å². The van der Waals surface area contributed by atoms with Crippen LogP contribution in [0.3, 0.4) is 0 Å². The van der Waals surface area contributed by atoms with Gasteiger partial charge in [-0.25, -0.2) is 4.79 Å². The van der Waals surface area contributed by atoms with Crippen molar-refractivity contribution in [3.63, 3.8) is 0 Å². The van der Waals surface area contributed by atoms with Crippen LogP contribution in [0.2, 0.25) is 0 Å². The predicted molar refractivity (Wildman–Crippen MR) is 113 cm³/mol. The number of nitrogens with one attached hydrogen (secondary N) is 2. The molecule has 2 amide bonds. The quantitative estimate of drug-likeness (QED) is 0.490. The second kappa shape index (κ2) is 10.4. The number of ether oxygens (including phenoxy) is 1. The maximum Gasteiger partial charge on any atom is 0.409 e. The smallest absolute Gasteiger partial charge is 0.409 e. The molecule has 0 saturated carbocycles. The van der Waals surface area contributed by atoms with E-state index in [9.17, 15) is 27.6 Å². The largest absolute Gasteiger partial charge is 0.481 e. The van der Waals surface area contributed by atoms with Crippen molar-refractivity contribution in [2.24, 2.45) is 0 Å². The normalized spacial score (nSPS) is 13.5. The number of alkyl carbamates (subject to hydrolysis) is 1. The molecule has 2 aromatic rings. The number of hydrogen-bond donors (Lipinski definition) is 3. The third-order valence-electron chi connectivity index (χ3n) is 5.30. The Hall–Kier alpha value is -3.56. The van der Waals surface area contributed by atoms with E-state index >= 15 is 0 Å². The van der Waals surface area contributed by atoms with Crippen LogP contribution < -0.4 is 10.6 Å². The fourth-order valence-electron chi connectivity index (χ4n) is 3.78. The van der Waals surface area contributed by atoms with Crippen LogP contribution in [0.1, 0.15) is 36.3 Å². The molecule has 0 aliphatic heterocycles. The first-order valence-corrected chi connectivity index (χ1v) is 10.3. The first-order valence-electron chi connectivity index (χ1n) is 10.3. The van der Waals surface area contributed by atoms with E-state index in [1.165, 1.54) is 0 Å². The number of hydrogen-bond acceptors (Lipinski definition) is 4. The van der Waals surface area contributed by atoms with Gasteiger partial charge in [0.05, 0.1) is 6.42 Å². The molecule has 3 N–H and O–H groups in total. The minimum atomic E-state index is -4.87. The summed E-state index contributed by atoms with van der Waals surface area (Å²) >= 11 is 0. The molecule has 2 aromatic carbocycles. The van der Waals surface area contributed by atoms with Gasteiger partial charge in [0.2, 0.25) is 5.91 Å². The van der Waals surface area contributed by atoms with Crippen molar-refractivity contribution in [1.29, 1.82) is 0 Å². The monoisotopic (exact) mass is 464 g/mol. The van der Waals surface area contributed by atoms with Crippen molar-refractivity contribution in [1.82, 2.24) is 10.6 Å². The number of carboxylic acids is 1. The average Bonchev–Trinajstić information content (AvgIpc) is 3.08. The maximum atomic E-state index is 12.8. The van der Waals surface area contributed by atoms with Gasteiger partial charge in [-0.15, -0.1) is 0 Å².